The number of aliphatic carboxylic acids is 1. The number of thiazole rings is 1. The van der Waals surface area contributed by atoms with Crippen molar-refractivity contribution >= 4 is 23.2 Å². The van der Waals surface area contributed by atoms with Gasteiger partial charge in [0.15, 0.2) is 0 Å². The smallest absolute Gasteiger partial charge is 0.329 e. The summed E-state index contributed by atoms with van der Waals surface area (Å²) in [6.07, 6.45) is 2.05. The summed E-state index contributed by atoms with van der Waals surface area (Å²) in [4.78, 5) is 33.5. The fourth-order valence-corrected chi connectivity index (χ4v) is 6.20. The van der Waals surface area contributed by atoms with E-state index in [0.29, 0.717) is 28.1 Å². The Balaban J connectivity index is 1.92. The number of carboxylic acid groups (broad SMARTS) is 1. The Morgan fingerprint density at radius 2 is 2.03 bits per heavy atom. The number of nitrogens with zero attached hydrogens (tertiary/aromatic N) is 4. The van der Waals surface area contributed by atoms with Crippen LogP contribution in [0.5, 0.6) is 5.75 Å². The third-order valence-corrected chi connectivity index (χ3v) is 7.71. The number of aryl methyl sites for hydroxylation is 1. The molecule has 1 aliphatic rings. The number of aromatic nitrogens is 3. The van der Waals surface area contributed by atoms with Gasteiger partial charge < -0.3 is 19.2 Å². The second-order valence-corrected chi connectivity index (χ2v) is 12.0. The molecule has 2 aromatic heterocycles. The molecule has 1 N–H and O–H groups in total. The molecule has 3 atom stereocenters. The molecule has 9 nitrogen and oxygen atoms in total. The molecule has 1 amide bonds. The monoisotopic (exact) mass is 526 g/mol. The molecule has 0 unspecified atom stereocenters. The fourth-order valence-electron chi connectivity index (χ4n) is 5.41. The van der Waals surface area contributed by atoms with Crippen molar-refractivity contribution in [3.05, 3.63) is 57.7 Å². The van der Waals surface area contributed by atoms with Crippen molar-refractivity contribution in [2.75, 3.05) is 7.11 Å². The molecule has 10 heteroatoms. The molecule has 3 aromatic rings. The van der Waals surface area contributed by atoms with Crippen molar-refractivity contribution < 1.29 is 23.8 Å². The summed E-state index contributed by atoms with van der Waals surface area (Å²) in [5.41, 5.74) is -0.392. The maximum Gasteiger partial charge on any atom is 0.329 e. The van der Waals surface area contributed by atoms with Crippen molar-refractivity contribution in [1.82, 2.24) is 20.1 Å². The van der Waals surface area contributed by atoms with Gasteiger partial charge in [-0.2, -0.15) is 0 Å². The van der Waals surface area contributed by atoms with E-state index in [-0.39, 0.29) is 24.2 Å². The number of ether oxygens (including phenoxy) is 1. The van der Waals surface area contributed by atoms with E-state index < -0.39 is 29.4 Å². The van der Waals surface area contributed by atoms with E-state index in [1.54, 1.807) is 32.4 Å². The summed E-state index contributed by atoms with van der Waals surface area (Å²) < 4.78 is 11.5. The summed E-state index contributed by atoms with van der Waals surface area (Å²) in [5.74, 6) is -0.717. The lowest BCUT2D eigenvalue weighted by Gasteiger charge is -2.38. The van der Waals surface area contributed by atoms with Crippen molar-refractivity contribution in [2.45, 2.75) is 77.3 Å². The second kappa shape index (κ2) is 9.89. The van der Waals surface area contributed by atoms with Crippen LogP contribution in [0.1, 0.15) is 92.1 Å². The summed E-state index contributed by atoms with van der Waals surface area (Å²) in [6.45, 7) is 11.8. The topological polar surface area (TPSA) is 119 Å². The average Bonchev–Trinajstić information content (AvgIpc) is 3.56. The van der Waals surface area contributed by atoms with Crippen LogP contribution in [0.4, 0.5) is 0 Å². The lowest BCUT2D eigenvalue weighted by atomic mass is 9.83. The van der Waals surface area contributed by atoms with E-state index in [9.17, 15) is 14.7 Å². The van der Waals surface area contributed by atoms with E-state index in [1.807, 2.05) is 25.3 Å². The number of carbonyl (C=O) groups is 2. The van der Waals surface area contributed by atoms with Crippen LogP contribution in [0.25, 0.3) is 0 Å². The minimum Gasteiger partial charge on any atom is -0.496 e. The molecule has 4 rings (SSSR count). The molecule has 1 aromatic carbocycles. The quantitative estimate of drug-likeness (QED) is 0.436. The van der Waals surface area contributed by atoms with E-state index in [2.05, 4.69) is 36.0 Å². The first-order chi connectivity index (χ1) is 17.4. The summed E-state index contributed by atoms with van der Waals surface area (Å²) in [5, 5.41) is 21.4. The SMILES string of the molecule is COc1cc(C(=O)N2[C@@H](c3nccs3)[C@@H](c3nnc(C)o3)C[C@@]2(CC(C)C)C(=O)O)ccc1C(C)(C)C. The normalized spacial score (nSPS) is 22.0. The Bertz CT molecular complexity index is 1280. The number of amides is 1. The zero-order valence-corrected chi connectivity index (χ0v) is 23.1. The van der Waals surface area contributed by atoms with Crippen LogP contribution < -0.4 is 4.74 Å². The first kappa shape index (κ1) is 26.8. The number of methoxy groups -OCH3 is 1. The summed E-state index contributed by atoms with van der Waals surface area (Å²) in [6, 6.07) is 4.64. The highest BCUT2D eigenvalue weighted by Gasteiger charge is 2.61. The van der Waals surface area contributed by atoms with Gasteiger partial charge in [0.25, 0.3) is 5.91 Å². The van der Waals surface area contributed by atoms with Crippen molar-refractivity contribution in [1.29, 1.82) is 0 Å². The van der Waals surface area contributed by atoms with E-state index in [0.717, 1.165) is 5.56 Å². The maximum absolute atomic E-state index is 14.4. The third-order valence-electron chi connectivity index (χ3n) is 6.86. The van der Waals surface area contributed by atoms with Crippen molar-refractivity contribution in [3.8, 4) is 5.75 Å². The average molecular weight is 527 g/mol. The highest BCUT2D eigenvalue weighted by Crippen LogP contribution is 2.54. The molecule has 0 spiro atoms. The summed E-state index contributed by atoms with van der Waals surface area (Å²) >= 11 is 1.37. The molecule has 1 fully saturated rings. The van der Waals surface area contributed by atoms with Gasteiger partial charge in [0.05, 0.1) is 19.1 Å². The number of likely N-dealkylation sites (tertiary alicyclic amines) is 1. The molecule has 0 bridgehead atoms. The van der Waals surface area contributed by atoms with Crippen LogP contribution in [0.3, 0.4) is 0 Å². The second-order valence-electron chi connectivity index (χ2n) is 11.1. The van der Waals surface area contributed by atoms with Crippen molar-refractivity contribution in [2.24, 2.45) is 5.92 Å². The van der Waals surface area contributed by atoms with Gasteiger partial charge in [-0.1, -0.05) is 40.7 Å². The maximum atomic E-state index is 14.4. The number of hydrogen-bond acceptors (Lipinski definition) is 8. The molecular formula is C27H34N4O5S. The Morgan fingerprint density at radius 3 is 2.54 bits per heavy atom. The molecule has 0 radical (unpaired) electrons. The van der Waals surface area contributed by atoms with Crippen LogP contribution in [0.15, 0.2) is 34.2 Å². The van der Waals surface area contributed by atoms with Crippen LogP contribution in [-0.4, -0.2) is 49.7 Å². The Labute approximate surface area is 220 Å². The number of hydrogen-bond donors (Lipinski definition) is 1. The first-order valence-corrected chi connectivity index (χ1v) is 13.2. The Kier molecular flexibility index (Phi) is 7.16. The molecule has 1 aliphatic heterocycles. The van der Waals surface area contributed by atoms with Gasteiger partial charge in [0, 0.05) is 24.1 Å². The van der Waals surface area contributed by atoms with E-state index >= 15 is 0 Å². The van der Waals surface area contributed by atoms with Gasteiger partial charge in [-0.3, -0.25) is 4.79 Å². The van der Waals surface area contributed by atoms with Gasteiger partial charge in [-0.25, -0.2) is 9.78 Å². The highest BCUT2D eigenvalue weighted by molar-refractivity contribution is 7.09. The number of rotatable bonds is 7. The predicted octanol–water partition coefficient (Wildman–Crippen LogP) is 5.38. The Morgan fingerprint density at radius 1 is 1.30 bits per heavy atom. The van der Waals surface area contributed by atoms with Gasteiger partial charge in [-0.15, -0.1) is 21.5 Å². The zero-order valence-electron chi connectivity index (χ0n) is 22.3. The molecular weight excluding hydrogens is 492 g/mol. The Hall–Kier alpha value is -3.27. The third kappa shape index (κ3) is 4.86. The van der Waals surface area contributed by atoms with Gasteiger partial charge in [-0.05, 0) is 41.9 Å². The molecule has 0 saturated carbocycles. The molecule has 1 saturated heterocycles. The van der Waals surface area contributed by atoms with Gasteiger partial charge in [0.2, 0.25) is 11.8 Å². The minimum atomic E-state index is -1.50. The number of carbonyl (C=O) groups excluding carboxylic acids is 1. The zero-order chi connectivity index (χ0) is 27.1. The van der Waals surface area contributed by atoms with Crippen LogP contribution >= 0.6 is 11.3 Å². The number of carboxylic acids is 1. The standard InChI is InChI=1S/C27H34N4O5S/c1-15(2)13-27(25(33)34)14-18(22-30-29-16(3)36-22)21(23-28-10-11-37-23)31(27)24(32)17-8-9-19(26(4,5)6)20(12-17)35-7/h8-12,15,18,21H,13-14H2,1-7H3,(H,33,34)/t18-,21+,27-/m0/s1. The summed E-state index contributed by atoms with van der Waals surface area (Å²) in [7, 11) is 1.57. The van der Waals surface area contributed by atoms with Crippen molar-refractivity contribution in [3.63, 3.8) is 0 Å². The van der Waals surface area contributed by atoms with E-state index in [4.69, 9.17) is 9.15 Å². The van der Waals surface area contributed by atoms with E-state index in [1.165, 1.54) is 16.2 Å². The minimum absolute atomic E-state index is 0.00400. The van der Waals surface area contributed by atoms with Crippen LogP contribution in [0, 0.1) is 12.8 Å². The van der Waals surface area contributed by atoms with Gasteiger partial charge >= 0.3 is 5.97 Å². The predicted molar refractivity (Wildman–Crippen MR) is 139 cm³/mol. The van der Waals surface area contributed by atoms with Gasteiger partial charge in [0.1, 0.15) is 16.3 Å². The van der Waals surface area contributed by atoms with Crippen LogP contribution in [-0.2, 0) is 10.2 Å². The molecule has 198 valence electrons. The first-order valence-electron chi connectivity index (χ1n) is 12.3. The largest absolute Gasteiger partial charge is 0.496 e. The lowest BCUT2D eigenvalue weighted by molar-refractivity contribution is -0.150. The fraction of sp³-hybridized carbons (Fsp3) is 0.519. The molecule has 37 heavy (non-hydrogen) atoms. The van der Waals surface area contributed by atoms with Crippen LogP contribution in [0.2, 0.25) is 0 Å². The number of benzene rings is 1. The highest BCUT2D eigenvalue weighted by atomic mass is 32.1. The molecule has 0 aliphatic carbocycles. The lowest BCUT2D eigenvalue weighted by Crippen LogP contribution is -2.54. The molecule has 3 heterocycles.